The van der Waals surface area contributed by atoms with Crippen molar-refractivity contribution in [2.45, 2.75) is 52.5 Å². The van der Waals surface area contributed by atoms with Gasteiger partial charge in [-0.25, -0.2) is 0 Å². The van der Waals surface area contributed by atoms with Crippen LogP contribution in [0.3, 0.4) is 0 Å². The second-order valence-electron chi connectivity index (χ2n) is 6.01. The lowest BCUT2D eigenvalue weighted by Crippen LogP contribution is -2.47. The molecule has 0 amide bonds. The van der Waals surface area contributed by atoms with Crippen LogP contribution >= 0.6 is 24.0 Å². The van der Waals surface area contributed by atoms with E-state index in [9.17, 15) is 0 Å². The van der Waals surface area contributed by atoms with Crippen LogP contribution in [0.4, 0.5) is 0 Å². The van der Waals surface area contributed by atoms with Crippen molar-refractivity contribution in [3.05, 3.63) is 0 Å². The van der Waals surface area contributed by atoms with Gasteiger partial charge in [-0.3, -0.25) is 4.99 Å². The van der Waals surface area contributed by atoms with Gasteiger partial charge in [-0.05, 0) is 52.9 Å². The molecule has 1 fully saturated rings. The van der Waals surface area contributed by atoms with Crippen molar-refractivity contribution in [2.75, 3.05) is 26.3 Å². The lowest BCUT2D eigenvalue weighted by Gasteiger charge is -2.23. The molecule has 2 N–H and O–H groups in total. The lowest BCUT2D eigenvalue weighted by atomic mass is 10.1. The zero-order chi connectivity index (χ0) is 13.4. The highest BCUT2D eigenvalue weighted by atomic mass is 127. The summed E-state index contributed by atoms with van der Waals surface area (Å²) in [4.78, 5) is 4.55. The highest BCUT2D eigenvalue weighted by Gasteiger charge is 2.20. The molecular formula is C14H30IN3O. The summed E-state index contributed by atoms with van der Waals surface area (Å²) in [7, 11) is 0. The zero-order valence-corrected chi connectivity index (χ0v) is 15.1. The summed E-state index contributed by atoms with van der Waals surface area (Å²) in [5.41, 5.74) is 0.0451. The van der Waals surface area contributed by atoms with Gasteiger partial charge >= 0.3 is 0 Å². The van der Waals surface area contributed by atoms with Crippen LogP contribution in [0.2, 0.25) is 0 Å². The third-order valence-corrected chi connectivity index (χ3v) is 2.60. The summed E-state index contributed by atoms with van der Waals surface area (Å²) in [5, 5.41) is 6.63. The average molecular weight is 383 g/mol. The van der Waals surface area contributed by atoms with E-state index in [0.717, 1.165) is 44.6 Å². The summed E-state index contributed by atoms with van der Waals surface area (Å²) in [6.07, 6.45) is 3.71. The smallest absolute Gasteiger partial charge is 0.191 e. The molecule has 0 aliphatic heterocycles. The second kappa shape index (κ2) is 9.80. The molecule has 4 nitrogen and oxygen atoms in total. The number of hydrogen-bond donors (Lipinski definition) is 2. The number of rotatable bonds is 7. The summed E-state index contributed by atoms with van der Waals surface area (Å²) >= 11 is 0. The van der Waals surface area contributed by atoms with Crippen LogP contribution in [0.15, 0.2) is 4.99 Å². The highest BCUT2D eigenvalue weighted by Crippen LogP contribution is 2.28. The molecule has 0 aromatic carbocycles. The van der Waals surface area contributed by atoms with E-state index in [2.05, 4.69) is 43.3 Å². The second-order valence-corrected chi connectivity index (χ2v) is 6.01. The quantitative estimate of drug-likeness (QED) is 0.308. The molecule has 1 aliphatic carbocycles. The number of nitrogens with one attached hydrogen (secondary N) is 2. The molecule has 0 heterocycles. The Kier molecular flexibility index (Phi) is 9.78. The molecule has 0 bridgehead atoms. The standard InChI is InChI=1S/C14H29N3O.HI/c1-5-15-13(17-14(2,3)4)16-9-6-10-18-11-12-7-8-12;/h12H,5-11H2,1-4H3,(H2,15,16,17);1H. The van der Waals surface area contributed by atoms with Gasteiger partial charge in [0.25, 0.3) is 0 Å². The minimum absolute atomic E-state index is 0. The Balaban J connectivity index is 0.00000324. The van der Waals surface area contributed by atoms with Gasteiger partial charge in [0, 0.05) is 31.8 Å². The van der Waals surface area contributed by atoms with Crippen LogP contribution in [0, 0.1) is 5.92 Å². The van der Waals surface area contributed by atoms with E-state index in [-0.39, 0.29) is 29.5 Å². The third-order valence-electron chi connectivity index (χ3n) is 2.60. The molecule has 5 heteroatoms. The van der Waals surface area contributed by atoms with Crippen LogP contribution in [0.1, 0.15) is 47.0 Å². The number of aliphatic imine (C=N–C) groups is 1. The Bertz CT molecular complexity index is 260. The van der Waals surface area contributed by atoms with Crippen LogP contribution in [-0.2, 0) is 4.74 Å². The van der Waals surface area contributed by atoms with Crippen molar-refractivity contribution in [3.63, 3.8) is 0 Å². The van der Waals surface area contributed by atoms with Crippen LogP contribution in [0.25, 0.3) is 0 Å². The molecule has 0 spiro atoms. The third kappa shape index (κ3) is 11.5. The minimum atomic E-state index is 0. The van der Waals surface area contributed by atoms with E-state index in [4.69, 9.17) is 4.74 Å². The van der Waals surface area contributed by atoms with Gasteiger partial charge < -0.3 is 15.4 Å². The molecule has 0 aromatic heterocycles. The number of guanidine groups is 1. The molecule has 0 saturated heterocycles. The van der Waals surface area contributed by atoms with E-state index in [1.807, 2.05) is 0 Å². The lowest BCUT2D eigenvalue weighted by molar-refractivity contribution is 0.123. The minimum Gasteiger partial charge on any atom is -0.381 e. The predicted molar refractivity (Wildman–Crippen MR) is 92.4 cm³/mol. The van der Waals surface area contributed by atoms with Crippen molar-refractivity contribution in [1.29, 1.82) is 0 Å². The van der Waals surface area contributed by atoms with Crippen molar-refractivity contribution < 1.29 is 4.74 Å². The Morgan fingerprint density at radius 2 is 2.00 bits per heavy atom. The predicted octanol–water partition coefficient (Wildman–Crippen LogP) is 2.77. The molecule has 1 aliphatic rings. The highest BCUT2D eigenvalue weighted by molar-refractivity contribution is 14.0. The summed E-state index contributed by atoms with van der Waals surface area (Å²) < 4.78 is 5.59. The Labute approximate surface area is 135 Å². The molecule has 1 rings (SSSR count). The number of halogens is 1. The van der Waals surface area contributed by atoms with Gasteiger partial charge in [0.05, 0.1) is 0 Å². The van der Waals surface area contributed by atoms with Gasteiger partial charge in [-0.2, -0.15) is 0 Å². The maximum atomic E-state index is 5.59. The molecule has 0 aromatic rings. The summed E-state index contributed by atoms with van der Waals surface area (Å²) in [5.74, 6) is 1.75. The van der Waals surface area contributed by atoms with Gasteiger partial charge in [-0.15, -0.1) is 24.0 Å². The fourth-order valence-corrected chi connectivity index (χ4v) is 1.55. The fourth-order valence-electron chi connectivity index (χ4n) is 1.55. The van der Waals surface area contributed by atoms with Crippen molar-refractivity contribution >= 4 is 29.9 Å². The molecule has 19 heavy (non-hydrogen) atoms. The topological polar surface area (TPSA) is 45.7 Å². The maximum absolute atomic E-state index is 5.59. The first-order chi connectivity index (χ1) is 8.51. The Morgan fingerprint density at radius 1 is 1.32 bits per heavy atom. The van der Waals surface area contributed by atoms with Gasteiger partial charge in [0.1, 0.15) is 0 Å². The van der Waals surface area contributed by atoms with Crippen LogP contribution in [-0.4, -0.2) is 37.8 Å². The van der Waals surface area contributed by atoms with Crippen LogP contribution in [0.5, 0.6) is 0 Å². The number of ether oxygens (including phenoxy) is 1. The van der Waals surface area contributed by atoms with Crippen molar-refractivity contribution in [3.8, 4) is 0 Å². The first kappa shape index (κ1) is 19.0. The monoisotopic (exact) mass is 383 g/mol. The fraction of sp³-hybridized carbons (Fsp3) is 0.929. The number of nitrogens with zero attached hydrogens (tertiary/aromatic N) is 1. The van der Waals surface area contributed by atoms with Gasteiger partial charge in [0.15, 0.2) is 5.96 Å². The number of hydrogen-bond acceptors (Lipinski definition) is 2. The van der Waals surface area contributed by atoms with Crippen molar-refractivity contribution in [1.82, 2.24) is 10.6 Å². The summed E-state index contributed by atoms with van der Waals surface area (Å²) in [6.45, 7) is 12.0. The summed E-state index contributed by atoms with van der Waals surface area (Å²) in [6, 6.07) is 0. The van der Waals surface area contributed by atoms with E-state index >= 15 is 0 Å². The normalized spacial score (nSPS) is 15.9. The van der Waals surface area contributed by atoms with E-state index in [1.165, 1.54) is 12.8 Å². The van der Waals surface area contributed by atoms with Crippen LogP contribution < -0.4 is 10.6 Å². The van der Waals surface area contributed by atoms with E-state index in [1.54, 1.807) is 0 Å². The molecule has 0 unspecified atom stereocenters. The molecular weight excluding hydrogens is 353 g/mol. The van der Waals surface area contributed by atoms with Gasteiger partial charge in [-0.1, -0.05) is 0 Å². The van der Waals surface area contributed by atoms with E-state index in [0.29, 0.717) is 0 Å². The molecule has 0 radical (unpaired) electrons. The van der Waals surface area contributed by atoms with Crippen molar-refractivity contribution in [2.24, 2.45) is 10.9 Å². The average Bonchev–Trinajstić information content (AvgIpc) is 3.05. The largest absolute Gasteiger partial charge is 0.381 e. The molecule has 114 valence electrons. The SMILES string of the molecule is CCNC(=NCCCOCC1CC1)NC(C)(C)C.I. The Hall–Kier alpha value is -0.0400. The zero-order valence-electron chi connectivity index (χ0n) is 12.8. The molecule has 1 saturated carbocycles. The first-order valence-corrected chi connectivity index (χ1v) is 7.15. The van der Waals surface area contributed by atoms with E-state index < -0.39 is 0 Å². The first-order valence-electron chi connectivity index (χ1n) is 7.15. The maximum Gasteiger partial charge on any atom is 0.191 e. The molecule has 0 atom stereocenters. The van der Waals surface area contributed by atoms with Gasteiger partial charge in [0.2, 0.25) is 0 Å². The Morgan fingerprint density at radius 3 is 2.53 bits per heavy atom.